The van der Waals surface area contributed by atoms with E-state index in [2.05, 4.69) is 52.8 Å². The fraction of sp³-hybridized carbons (Fsp3) is 0.621. The standard InChI is InChI=1S/C29H38O4/c1-17(2)21-12-11-19(5)15-24(21)32-27(30)28-13-8-14-29(28,31)33-26-23(18(3)4)16-20-9-6-7-10-22(20)25(26)28/h6-7,9-10,16-19,21,24,31H,8,11-15H2,1-5H3/t19-,21+,24-,28-,29-/m1/s1. The van der Waals surface area contributed by atoms with Crippen LogP contribution in [0, 0.1) is 17.8 Å². The van der Waals surface area contributed by atoms with Crippen molar-refractivity contribution in [3.05, 3.63) is 41.5 Å². The lowest BCUT2D eigenvalue weighted by Gasteiger charge is -2.40. The van der Waals surface area contributed by atoms with Crippen LogP contribution in [0.4, 0.5) is 0 Å². The summed E-state index contributed by atoms with van der Waals surface area (Å²) in [6, 6.07) is 10.3. The van der Waals surface area contributed by atoms with E-state index in [0.717, 1.165) is 41.2 Å². The van der Waals surface area contributed by atoms with Gasteiger partial charge >= 0.3 is 5.97 Å². The molecule has 0 bridgehead atoms. The first-order chi connectivity index (χ1) is 15.7. The molecular weight excluding hydrogens is 412 g/mol. The molecule has 0 spiro atoms. The molecule has 1 aliphatic heterocycles. The van der Waals surface area contributed by atoms with Gasteiger partial charge in [-0.05, 0) is 71.8 Å². The Morgan fingerprint density at radius 2 is 1.91 bits per heavy atom. The van der Waals surface area contributed by atoms with E-state index >= 15 is 0 Å². The summed E-state index contributed by atoms with van der Waals surface area (Å²) in [7, 11) is 0. The van der Waals surface area contributed by atoms with Crippen LogP contribution in [0.1, 0.15) is 90.2 Å². The fourth-order valence-corrected chi connectivity index (χ4v) is 6.79. The van der Waals surface area contributed by atoms with E-state index in [-0.39, 0.29) is 18.0 Å². The summed E-state index contributed by atoms with van der Waals surface area (Å²) in [6.07, 6.45) is 4.78. The van der Waals surface area contributed by atoms with Crippen LogP contribution in [0.25, 0.3) is 10.8 Å². The van der Waals surface area contributed by atoms with Gasteiger partial charge in [-0.3, -0.25) is 4.79 Å². The molecule has 33 heavy (non-hydrogen) atoms. The molecule has 2 aliphatic carbocycles. The molecule has 0 aromatic heterocycles. The van der Waals surface area contributed by atoms with Crippen molar-refractivity contribution < 1.29 is 19.4 Å². The Hall–Kier alpha value is -2.07. The number of hydrogen-bond donors (Lipinski definition) is 1. The molecule has 2 aromatic rings. The highest BCUT2D eigenvalue weighted by atomic mass is 16.6. The normalized spacial score (nSPS) is 33.3. The summed E-state index contributed by atoms with van der Waals surface area (Å²) >= 11 is 0. The van der Waals surface area contributed by atoms with Crippen LogP contribution in [0.2, 0.25) is 0 Å². The van der Waals surface area contributed by atoms with E-state index in [1.807, 2.05) is 12.1 Å². The SMILES string of the molecule is CC(C)c1cc2ccccc2c2c1O[C@]1(O)CCC[C@]21C(=O)O[C@@H]1C[C@H](C)CC[C@H]1C(C)C. The summed E-state index contributed by atoms with van der Waals surface area (Å²) in [5.41, 5.74) is 0.721. The van der Waals surface area contributed by atoms with E-state index in [1.54, 1.807) is 0 Å². The van der Waals surface area contributed by atoms with Gasteiger partial charge in [-0.2, -0.15) is 0 Å². The summed E-state index contributed by atoms with van der Waals surface area (Å²) < 4.78 is 12.8. The average molecular weight is 451 g/mol. The van der Waals surface area contributed by atoms with Crippen LogP contribution in [0.3, 0.4) is 0 Å². The Balaban J connectivity index is 1.65. The Morgan fingerprint density at radius 1 is 1.15 bits per heavy atom. The molecule has 1 heterocycles. The number of carbonyl (C=O) groups is 1. The first kappa shape index (κ1) is 22.7. The molecule has 0 saturated heterocycles. The van der Waals surface area contributed by atoms with Crippen LogP contribution in [0.15, 0.2) is 30.3 Å². The Kier molecular flexibility index (Phi) is 5.51. The molecule has 2 aromatic carbocycles. The zero-order valence-corrected chi connectivity index (χ0v) is 20.7. The van der Waals surface area contributed by atoms with Crippen LogP contribution < -0.4 is 4.74 Å². The second-order valence-electron chi connectivity index (χ2n) is 11.5. The molecule has 0 unspecified atom stereocenters. The number of aliphatic hydroxyl groups is 1. The maximum Gasteiger partial charge on any atom is 0.323 e. The molecular formula is C29H38O4. The minimum atomic E-state index is -1.55. The highest BCUT2D eigenvalue weighted by Gasteiger charge is 2.69. The van der Waals surface area contributed by atoms with Crippen LogP contribution in [-0.4, -0.2) is 23.0 Å². The van der Waals surface area contributed by atoms with E-state index in [1.165, 1.54) is 6.42 Å². The van der Waals surface area contributed by atoms with Crippen LogP contribution >= 0.6 is 0 Å². The predicted octanol–water partition coefficient (Wildman–Crippen LogP) is 6.47. The minimum absolute atomic E-state index is 0.107. The van der Waals surface area contributed by atoms with Gasteiger partial charge in [0.05, 0.1) is 0 Å². The summed E-state index contributed by atoms with van der Waals surface area (Å²) in [6.45, 7) is 11.0. The fourth-order valence-electron chi connectivity index (χ4n) is 6.79. The van der Waals surface area contributed by atoms with E-state index < -0.39 is 11.2 Å². The molecule has 2 fully saturated rings. The van der Waals surface area contributed by atoms with Crippen molar-refractivity contribution >= 4 is 16.7 Å². The third-order valence-electron chi connectivity index (χ3n) is 8.65. The number of esters is 1. The highest BCUT2D eigenvalue weighted by Crippen LogP contribution is 2.61. The number of benzene rings is 2. The van der Waals surface area contributed by atoms with Gasteiger partial charge in [-0.15, -0.1) is 0 Å². The Labute approximate surface area is 197 Å². The minimum Gasteiger partial charge on any atom is -0.461 e. The van der Waals surface area contributed by atoms with Gasteiger partial charge in [0.15, 0.2) is 5.41 Å². The molecule has 4 heteroatoms. The lowest BCUT2D eigenvalue weighted by molar-refractivity contribution is -0.195. The number of carbonyl (C=O) groups excluding carboxylic acids is 1. The topological polar surface area (TPSA) is 55.8 Å². The van der Waals surface area contributed by atoms with Crippen LogP contribution in [0.5, 0.6) is 5.75 Å². The third-order valence-corrected chi connectivity index (χ3v) is 8.65. The first-order valence-corrected chi connectivity index (χ1v) is 12.9. The molecule has 0 radical (unpaired) electrons. The zero-order chi connectivity index (χ0) is 23.5. The largest absolute Gasteiger partial charge is 0.461 e. The molecule has 5 rings (SSSR count). The van der Waals surface area contributed by atoms with Crippen molar-refractivity contribution in [2.45, 2.75) is 96.4 Å². The third kappa shape index (κ3) is 3.31. The van der Waals surface area contributed by atoms with Crippen molar-refractivity contribution in [2.24, 2.45) is 17.8 Å². The smallest absolute Gasteiger partial charge is 0.323 e. The van der Waals surface area contributed by atoms with Gasteiger partial charge in [-0.25, -0.2) is 0 Å². The highest BCUT2D eigenvalue weighted by molar-refractivity contribution is 5.99. The second-order valence-corrected chi connectivity index (χ2v) is 11.5. The van der Waals surface area contributed by atoms with E-state index in [9.17, 15) is 9.90 Å². The molecule has 0 amide bonds. The Bertz CT molecular complexity index is 1070. The lowest BCUT2D eigenvalue weighted by atomic mass is 9.72. The van der Waals surface area contributed by atoms with Crippen molar-refractivity contribution in [3.63, 3.8) is 0 Å². The molecule has 4 nitrogen and oxygen atoms in total. The maximum absolute atomic E-state index is 14.2. The van der Waals surface area contributed by atoms with Crippen molar-refractivity contribution in [1.82, 2.24) is 0 Å². The van der Waals surface area contributed by atoms with Gasteiger partial charge in [0.25, 0.3) is 0 Å². The number of ether oxygens (including phenoxy) is 2. The second kappa shape index (κ2) is 8.01. The molecule has 3 aliphatic rings. The summed E-state index contributed by atoms with van der Waals surface area (Å²) in [5.74, 6) is 0.416. The van der Waals surface area contributed by atoms with Crippen molar-refractivity contribution in [1.29, 1.82) is 0 Å². The summed E-state index contributed by atoms with van der Waals surface area (Å²) in [4.78, 5) is 14.2. The lowest BCUT2D eigenvalue weighted by Crippen LogP contribution is -2.54. The molecule has 5 atom stereocenters. The molecule has 1 N–H and O–H groups in total. The number of rotatable bonds is 4. The average Bonchev–Trinajstić information content (AvgIpc) is 3.22. The number of hydrogen-bond acceptors (Lipinski definition) is 4. The zero-order valence-electron chi connectivity index (χ0n) is 20.7. The van der Waals surface area contributed by atoms with Crippen molar-refractivity contribution in [2.75, 3.05) is 0 Å². The number of fused-ring (bicyclic) bond motifs is 5. The predicted molar refractivity (Wildman–Crippen MR) is 130 cm³/mol. The Morgan fingerprint density at radius 3 is 2.64 bits per heavy atom. The maximum atomic E-state index is 14.2. The van der Waals surface area contributed by atoms with E-state index in [4.69, 9.17) is 9.47 Å². The van der Waals surface area contributed by atoms with Gasteiger partial charge in [-0.1, -0.05) is 65.3 Å². The van der Waals surface area contributed by atoms with Gasteiger partial charge in [0.1, 0.15) is 11.9 Å². The van der Waals surface area contributed by atoms with Gasteiger partial charge in [0, 0.05) is 12.0 Å². The monoisotopic (exact) mass is 450 g/mol. The van der Waals surface area contributed by atoms with Crippen LogP contribution in [-0.2, 0) is 14.9 Å². The van der Waals surface area contributed by atoms with Crippen molar-refractivity contribution in [3.8, 4) is 5.75 Å². The first-order valence-electron chi connectivity index (χ1n) is 12.9. The molecule has 178 valence electrons. The van der Waals surface area contributed by atoms with Gasteiger partial charge < -0.3 is 14.6 Å². The van der Waals surface area contributed by atoms with Gasteiger partial charge in [0.2, 0.25) is 5.79 Å². The summed E-state index contributed by atoms with van der Waals surface area (Å²) in [5, 5.41) is 13.9. The quantitative estimate of drug-likeness (QED) is 0.542. The van der Waals surface area contributed by atoms with E-state index in [0.29, 0.717) is 36.3 Å². The molecule has 2 saturated carbocycles.